The van der Waals surface area contributed by atoms with Gasteiger partial charge in [0.15, 0.2) is 0 Å². The maximum absolute atomic E-state index is 12.4. The average molecular weight is 255 g/mol. The third-order valence-electron chi connectivity index (χ3n) is 4.60. The van der Waals surface area contributed by atoms with Crippen molar-refractivity contribution in [3.8, 4) is 0 Å². The summed E-state index contributed by atoms with van der Waals surface area (Å²) in [6.45, 7) is 10.2. The number of hydrogen-bond donors (Lipinski definition) is 0. The molecule has 1 aliphatic heterocycles. The van der Waals surface area contributed by atoms with Crippen LogP contribution in [0.1, 0.15) is 53.4 Å². The average Bonchev–Trinajstić information content (AvgIpc) is 2.77. The number of amides is 1. The van der Waals surface area contributed by atoms with Crippen molar-refractivity contribution in [2.45, 2.75) is 59.0 Å². The standard InChI is InChI=1S/C15H29NO2/c1-6-9-12(4)14(17)16-10-13(7-2)15(8-3,11-16)18-5/h12-13H,6-11H2,1-5H3. The van der Waals surface area contributed by atoms with Crippen molar-refractivity contribution in [1.82, 2.24) is 4.90 Å². The van der Waals surface area contributed by atoms with Crippen LogP contribution in [0.2, 0.25) is 0 Å². The van der Waals surface area contributed by atoms with Crippen LogP contribution in [-0.4, -0.2) is 36.6 Å². The molecular formula is C15H29NO2. The summed E-state index contributed by atoms with van der Waals surface area (Å²) in [7, 11) is 1.79. The van der Waals surface area contributed by atoms with Gasteiger partial charge in [0.05, 0.1) is 5.60 Å². The van der Waals surface area contributed by atoms with Crippen LogP contribution in [0.4, 0.5) is 0 Å². The molecule has 0 aromatic rings. The Morgan fingerprint density at radius 2 is 2.11 bits per heavy atom. The first kappa shape index (κ1) is 15.5. The van der Waals surface area contributed by atoms with Crippen molar-refractivity contribution < 1.29 is 9.53 Å². The molecule has 0 bridgehead atoms. The molecule has 106 valence electrons. The molecule has 0 aromatic carbocycles. The summed E-state index contributed by atoms with van der Waals surface area (Å²) >= 11 is 0. The van der Waals surface area contributed by atoms with Crippen LogP contribution >= 0.6 is 0 Å². The third-order valence-corrected chi connectivity index (χ3v) is 4.60. The fourth-order valence-corrected chi connectivity index (χ4v) is 3.26. The lowest BCUT2D eigenvalue weighted by molar-refractivity contribution is -0.135. The lowest BCUT2D eigenvalue weighted by Crippen LogP contribution is -2.41. The summed E-state index contributed by atoms with van der Waals surface area (Å²) in [5.41, 5.74) is -0.115. The summed E-state index contributed by atoms with van der Waals surface area (Å²) in [5, 5.41) is 0. The number of nitrogens with zero attached hydrogens (tertiary/aromatic N) is 1. The van der Waals surface area contributed by atoms with Gasteiger partial charge in [0, 0.05) is 32.0 Å². The largest absolute Gasteiger partial charge is 0.376 e. The predicted octanol–water partition coefficient (Wildman–Crippen LogP) is 3.09. The Hall–Kier alpha value is -0.570. The van der Waals surface area contributed by atoms with Crippen LogP contribution in [0.5, 0.6) is 0 Å². The molecule has 3 atom stereocenters. The maximum atomic E-state index is 12.4. The molecule has 0 saturated carbocycles. The molecule has 0 aromatic heterocycles. The Kier molecular flexibility index (Phi) is 5.64. The molecule has 0 spiro atoms. The number of hydrogen-bond acceptors (Lipinski definition) is 2. The molecular weight excluding hydrogens is 226 g/mol. The molecule has 1 rings (SSSR count). The summed E-state index contributed by atoms with van der Waals surface area (Å²) < 4.78 is 5.78. The second-order valence-corrected chi connectivity index (χ2v) is 5.64. The van der Waals surface area contributed by atoms with E-state index in [1.807, 2.05) is 11.8 Å². The Morgan fingerprint density at radius 3 is 2.50 bits per heavy atom. The molecule has 1 amide bonds. The van der Waals surface area contributed by atoms with E-state index in [-0.39, 0.29) is 11.5 Å². The zero-order chi connectivity index (χ0) is 13.8. The van der Waals surface area contributed by atoms with Crippen LogP contribution in [0.25, 0.3) is 0 Å². The van der Waals surface area contributed by atoms with Crippen LogP contribution in [0.3, 0.4) is 0 Å². The SMILES string of the molecule is CCCC(C)C(=O)N1CC(CC)C(CC)(OC)C1. The summed E-state index contributed by atoms with van der Waals surface area (Å²) in [6, 6.07) is 0. The normalized spacial score (nSPS) is 29.6. The molecule has 0 radical (unpaired) electrons. The number of likely N-dealkylation sites (tertiary alicyclic amines) is 1. The van der Waals surface area contributed by atoms with Gasteiger partial charge < -0.3 is 9.64 Å². The topological polar surface area (TPSA) is 29.5 Å². The van der Waals surface area contributed by atoms with Gasteiger partial charge in [0.1, 0.15) is 0 Å². The highest BCUT2D eigenvalue weighted by Gasteiger charge is 2.46. The van der Waals surface area contributed by atoms with Gasteiger partial charge >= 0.3 is 0 Å². The maximum Gasteiger partial charge on any atom is 0.225 e. The number of ether oxygens (including phenoxy) is 1. The van der Waals surface area contributed by atoms with Gasteiger partial charge in [-0.25, -0.2) is 0 Å². The summed E-state index contributed by atoms with van der Waals surface area (Å²) in [5.74, 6) is 0.935. The first-order chi connectivity index (χ1) is 8.54. The summed E-state index contributed by atoms with van der Waals surface area (Å²) in [6.07, 6.45) is 4.11. The molecule has 18 heavy (non-hydrogen) atoms. The molecule has 1 fully saturated rings. The van der Waals surface area contributed by atoms with Crippen LogP contribution in [0.15, 0.2) is 0 Å². The van der Waals surface area contributed by atoms with Gasteiger partial charge in [-0.05, 0) is 19.3 Å². The molecule has 3 unspecified atom stereocenters. The molecule has 3 heteroatoms. The van der Waals surface area contributed by atoms with E-state index in [0.717, 1.165) is 38.8 Å². The zero-order valence-corrected chi connectivity index (χ0v) is 12.7. The van der Waals surface area contributed by atoms with Gasteiger partial charge in [0.25, 0.3) is 0 Å². The van der Waals surface area contributed by atoms with Crippen LogP contribution in [0, 0.1) is 11.8 Å². The monoisotopic (exact) mass is 255 g/mol. The quantitative estimate of drug-likeness (QED) is 0.730. The highest BCUT2D eigenvalue weighted by molar-refractivity contribution is 5.79. The Balaban J connectivity index is 2.75. The fourth-order valence-electron chi connectivity index (χ4n) is 3.26. The molecule has 1 saturated heterocycles. The number of carbonyl (C=O) groups excluding carboxylic acids is 1. The number of methoxy groups -OCH3 is 1. The van der Waals surface area contributed by atoms with E-state index in [9.17, 15) is 4.79 Å². The fraction of sp³-hybridized carbons (Fsp3) is 0.933. The Labute approximate surface area is 112 Å². The zero-order valence-electron chi connectivity index (χ0n) is 12.7. The molecule has 3 nitrogen and oxygen atoms in total. The van der Waals surface area contributed by atoms with Crippen molar-refractivity contribution in [2.75, 3.05) is 20.2 Å². The van der Waals surface area contributed by atoms with E-state index in [2.05, 4.69) is 20.8 Å². The molecule has 0 N–H and O–H groups in total. The number of rotatable bonds is 6. The van der Waals surface area contributed by atoms with Crippen molar-refractivity contribution in [3.63, 3.8) is 0 Å². The predicted molar refractivity (Wildman–Crippen MR) is 74.5 cm³/mol. The van der Waals surface area contributed by atoms with E-state index in [4.69, 9.17) is 4.74 Å². The van der Waals surface area contributed by atoms with Crippen molar-refractivity contribution in [3.05, 3.63) is 0 Å². The number of carbonyl (C=O) groups is 1. The minimum atomic E-state index is -0.115. The van der Waals surface area contributed by atoms with Crippen molar-refractivity contribution in [1.29, 1.82) is 0 Å². The first-order valence-electron chi connectivity index (χ1n) is 7.38. The highest BCUT2D eigenvalue weighted by atomic mass is 16.5. The smallest absolute Gasteiger partial charge is 0.225 e. The van der Waals surface area contributed by atoms with E-state index in [0.29, 0.717) is 11.8 Å². The van der Waals surface area contributed by atoms with E-state index < -0.39 is 0 Å². The molecule has 1 aliphatic rings. The van der Waals surface area contributed by atoms with E-state index in [1.165, 1.54) is 0 Å². The van der Waals surface area contributed by atoms with Crippen molar-refractivity contribution in [2.24, 2.45) is 11.8 Å². The lowest BCUT2D eigenvalue weighted by Gasteiger charge is -2.31. The second-order valence-electron chi connectivity index (χ2n) is 5.64. The second kappa shape index (κ2) is 6.55. The Morgan fingerprint density at radius 1 is 1.44 bits per heavy atom. The summed E-state index contributed by atoms with van der Waals surface area (Å²) in [4.78, 5) is 14.4. The first-order valence-corrected chi connectivity index (χ1v) is 7.38. The molecule has 0 aliphatic carbocycles. The minimum absolute atomic E-state index is 0.115. The van der Waals surface area contributed by atoms with E-state index in [1.54, 1.807) is 7.11 Å². The van der Waals surface area contributed by atoms with Crippen LogP contribution in [-0.2, 0) is 9.53 Å². The third kappa shape index (κ3) is 2.87. The lowest BCUT2D eigenvalue weighted by atomic mass is 9.86. The van der Waals surface area contributed by atoms with Gasteiger partial charge in [0.2, 0.25) is 5.91 Å². The van der Waals surface area contributed by atoms with E-state index >= 15 is 0 Å². The minimum Gasteiger partial charge on any atom is -0.376 e. The molecule has 1 heterocycles. The van der Waals surface area contributed by atoms with Gasteiger partial charge in [-0.15, -0.1) is 0 Å². The van der Waals surface area contributed by atoms with Gasteiger partial charge in [-0.2, -0.15) is 0 Å². The van der Waals surface area contributed by atoms with Crippen molar-refractivity contribution >= 4 is 5.91 Å². The Bertz CT molecular complexity index is 274. The van der Waals surface area contributed by atoms with Gasteiger partial charge in [-0.1, -0.05) is 34.1 Å². The van der Waals surface area contributed by atoms with Gasteiger partial charge in [-0.3, -0.25) is 4.79 Å². The van der Waals surface area contributed by atoms with Crippen LogP contribution < -0.4 is 0 Å². The highest BCUT2D eigenvalue weighted by Crippen LogP contribution is 2.36.